The molecule has 1 saturated heterocycles. The Balaban J connectivity index is 1.98. The lowest BCUT2D eigenvalue weighted by atomic mass is 9.95. The number of nitrogens with zero attached hydrogens (tertiary/aromatic N) is 1. The molecular weight excluding hydrogens is 395 g/mol. The summed E-state index contributed by atoms with van der Waals surface area (Å²) in [6, 6.07) is 9.29. The quantitative estimate of drug-likeness (QED) is 0.840. The smallest absolute Gasteiger partial charge is 0.255 e. The molecule has 0 aliphatic carbocycles. The van der Waals surface area contributed by atoms with Crippen LogP contribution in [0.3, 0.4) is 0 Å². The molecule has 0 saturated carbocycles. The molecule has 9 heteroatoms. The van der Waals surface area contributed by atoms with E-state index in [1.165, 1.54) is 50.2 Å². The summed E-state index contributed by atoms with van der Waals surface area (Å²) in [5.74, 6) is -2.08. The molecule has 0 bridgehead atoms. The van der Waals surface area contributed by atoms with E-state index in [0.29, 0.717) is 4.31 Å². The van der Waals surface area contributed by atoms with Crippen LogP contribution in [-0.2, 0) is 14.8 Å². The van der Waals surface area contributed by atoms with Crippen LogP contribution in [0.4, 0.5) is 15.8 Å². The van der Waals surface area contributed by atoms with Crippen LogP contribution in [0, 0.1) is 11.2 Å². The second-order valence-corrected chi connectivity index (χ2v) is 9.07. The molecule has 0 spiro atoms. The summed E-state index contributed by atoms with van der Waals surface area (Å²) in [5.41, 5.74) is -0.866. The number of benzene rings is 2. The monoisotopic (exact) mass is 410 g/mol. The Bertz CT molecular complexity index is 1050. The third-order valence-corrected chi connectivity index (χ3v) is 6.42. The molecule has 3 rings (SSSR count). The van der Waals surface area contributed by atoms with Gasteiger partial charge in [-0.3, -0.25) is 9.59 Å². The van der Waals surface area contributed by atoms with Crippen LogP contribution in [0.5, 0.6) is 0 Å². The molecule has 1 aliphatic rings. The minimum Gasteiger partial charge on any atom is -0.322 e. The van der Waals surface area contributed by atoms with E-state index in [2.05, 4.69) is 5.32 Å². The van der Waals surface area contributed by atoms with Gasteiger partial charge < -0.3 is 5.32 Å². The van der Waals surface area contributed by atoms with Crippen molar-refractivity contribution in [2.45, 2.75) is 13.8 Å². The minimum atomic E-state index is -3.91. The van der Waals surface area contributed by atoms with E-state index in [4.69, 9.17) is 11.6 Å². The zero-order valence-electron chi connectivity index (χ0n) is 14.5. The van der Waals surface area contributed by atoms with Crippen LogP contribution >= 0.6 is 11.6 Å². The van der Waals surface area contributed by atoms with Gasteiger partial charge in [0.25, 0.3) is 5.91 Å². The SMILES string of the molecule is CC1(C)CS(=O)(=O)N(c2cc(C(=O)Nc3cccc(F)c3)ccc2Cl)C1=O. The van der Waals surface area contributed by atoms with Crippen LogP contribution < -0.4 is 9.62 Å². The number of carbonyl (C=O) groups excluding carboxylic acids is 2. The fraction of sp³-hybridized carbons (Fsp3) is 0.222. The molecule has 1 fully saturated rings. The van der Waals surface area contributed by atoms with Gasteiger partial charge >= 0.3 is 0 Å². The van der Waals surface area contributed by atoms with Gasteiger partial charge in [-0.05, 0) is 50.2 Å². The van der Waals surface area contributed by atoms with Gasteiger partial charge in [-0.2, -0.15) is 0 Å². The maximum atomic E-state index is 13.3. The summed E-state index contributed by atoms with van der Waals surface area (Å²) < 4.78 is 38.8. The topological polar surface area (TPSA) is 83.6 Å². The van der Waals surface area contributed by atoms with Crippen molar-refractivity contribution >= 4 is 44.8 Å². The van der Waals surface area contributed by atoms with Crippen molar-refractivity contribution in [3.8, 4) is 0 Å². The Morgan fingerprint density at radius 3 is 2.52 bits per heavy atom. The van der Waals surface area contributed by atoms with Gasteiger partial charge in [0.1, 0.15) is 5.82 Å². The molecule has 6 nitrogen and oxygen atoms in total. The third-order valence-electron chi connectivity index (χ3n) is 4.09. The van der Waals surface area contributed by atoms with Gasteiger partial charge in [0.15, 0.2) is 0 Å². The Morgan fingerprint density at radius 1 is 1.22 bits per heavy atom. The summed E-state index contributed by atoms with van der Waals surface area (Å²) in [6.45, 7) is 3.06. The minimum absolute atomic E-state index is 0.0203. The molecule has 2 aromatic rings. The third kappa shape index (κ3) is 3.68. The van der Waals surface area contributed by atoms with Crippen molar-refractivity contribution in [2.75, 3.05) is 15.4 Å². The molecule has 27 heavy (non-hydrogen) atoms. The fourth-order valence-corrected chi connectivity index (χ4v) is 5.19. The zero-order chi connectivity index (χ0) is 20.0. The van der Waals surface area contributed by atoms with Gasteiger partial charge in [-0.1, -0.05) is 17.7 Å². The molecule has 1 N–H and O–H groups in total. The number of halogens is 2. The van der Waals surface area contributed by atoms with Gasteiger partial charge in [0.2, 0.25) is 15.9 Å². The van der Waals surface area contributed by atoms with Crippen molar-refractivity contribution in [1.29, 1.82) is 0 Å². The molecule has 0 aromatic heterocycles. The first-order valence-corrected chi connectivity index (χ1v) is 9.94. The molecule has 0 radical (unpaired) electrons. The van der Waals surface area contributed by atoms with Crippen LogP contribution in [0.15, 0.2) is 42.5 Å². The highest BCUT2D eigenvalue weighted by atomic mass is 35.5. The molecule has 2 aromatic carbocycles. The highest BCUT2D eigenvalue weighted by Crippen LogP contribution is 2.39. The number of hydrogen-bond donors (Lipinski definition) is 1. The van der Waals surface area contributed by atoms with E-state index in [0.717, 1.165) is 6.07 Å². The second-order valence-electron chi connectivity index (χ2n) is 6.84. The largest absolute Gasteiger partial charge is 0.322 e. The van der Waals surface area contributed by atoms with E-state index in [-0.39, 0.29) is 27.7 Å². The van der Waals surface area contributed by atoms with Crippen LogP contribution in [0.25, 0.3) is 0 Å². The number of rotatable bonds is 3. The molecule has 0 unspecified atom stereocenters. The molecule has 2 amide bonds. The standard InChI is InChI=1S/C18H16ClFN2O4S/c1-18(2)10-27(25,26)22(17(18)24)15-8-11(6-7-14(15)19)16(23)21-13-5-3-4-12(20)9-13/h3-9H,10H2,1-2H3,(H,21,23). The van der Waals surface area contributed by atoms with Crippen LogP contribution in [0.2, 0.25) is 5.02 Å². The average molecular weight is 411 g/mol. The van der Waals surface area contributed by atoms with Crippen molar-refractivity contribution in [2.24, 2.45) is 5.41 Å². The van der Waals surface area contributed by atoms with Crippen LogP contribution in [0.1, 0.15) is 24.2 Å². The molecule has 1 heterocycles. The van der Waals surface area contributed by atoms with E-state index in [9.17, 15) is 22.4 Å². The fourth-order valence-electron chi connectivity index (χ4n) is 2.82. The van der Waals surface area contributed by atoms with Gasteiger partial charge in [-0.25, -0.2) is 17.1 Å². The van der Waals surface area contributed by atoms with E-state index >= 15 is 0 Å². The summed E-state index contributed by atoms with van der Waals surface area (Å²) >= 11 is 6.11. The maximum Gasteiger partial charge on any atom is 0.255 e. The summed E-state index contributed by atoms with van der Waals surface area (Å²) in [5, 5.41) is 2.53. The van der Waals surface area contributed by atoms with Gasteiger partial charge in [0.05, 0.1) is 21.9 Å². The number of carbonyl (C=O) groups is 2. The highest BCUT2D eigenvalue weighted by molar-refractivity contribution is 7.94. The normalized spacial score (nSPS) is 17.8. The van der Waals surface area contributed by atoms with Crippen molar-refractivity contribution in [3.63, 3.8) is 0 Å². The Kier molecular flexibility index (Phi) is 4.73. The first-order valence-electron chi connectivity index (χ1n) is 7.95. The predicted octanol–water partition coefficient (Wildman–Crippen LogP) is 3.43. The highest BCUT2D eigenvalue weighted by Gasteiger charge is 2.50. The number of amides is 2. The number of sulfonamides is 1. The first kappa shape index (κ1) is 19.3. The molecule has 0 atom stereocenters. The Labute approximate surface area is 161 Å². The van der Waals surface area contributed by atoms with Gasteiger partial charge in [0, 0.05) is 11.3 Å². The summed E-state index contributed by atoms with van der Waals surface area (Å²) in [7, 11) is -3.91. The van der Waals surface area contributed by atoms with Crippen LogP contribution in [-0.4, -0.2) is 26.0 Å². The van der Waals surface area contributed by atoms with E-state index in [1.807, 2.05) is 0 Å². The number of nitrogens with one attached hydrogen (secondary N) is 1. The predicted molar refractivity (Wildman–Crippen MR) is 101 cm³/mol. The molecule has 1 aliphatic heterocycles. The Morgan fingerprint density at radius 2 is 1.93 bits per heavy atom. The Hall–Kier alpha value is -2.45. The number of hydrogen-bond acceptors (Lipinski definition) is 4. The zero-order valence-corrected chi connectivity index (χ0v) is 16.1. The molecule has 142 valence electrons. The number of anilines is 2. The second kappa shape index (κ2) is 6.61. The van der Waals surface area contributed by atoms with E-state index in [1.54, 1.807) is 0 Å². The van der Waals surface area contributed by atoms with Crippen molar-refractivity contribution in [1.82, 2.24) is 0 Å². The van der Waals surface area contributed by atoms with Crippen molar-refractivity contribution < 1.29 is 22.4 Å². The lowest BCUT2D eigenvalue weighted by Crippen LogP contribution is -2.33. The van der Waals surface area contributed by atoms with E-state index < -0.39 is 33.1 Å². The lowest BCUT2D eigenvalue weighted by molar-refractivity contribution is -0.123. The average Bonchev–Trinajstić information content (AvgIpc) is 2.71. The van der Waals surface area contributed by atoms with Crippen molar-refractivity contribution in [3.05, 3.63) is 58.9 Å². The lowest BCUT2D eigenvalue weighted by Gasteiger charge is -2.19. The summed E-state index contributed by atoms with van der Waals surface area (Å²) in [6.07, 6.45) is 0. The first-order chi connectivity index (χ1) is 12.5. The molecular formula is C18H16ClFN2O4S. The van der Waals surface area contributed by atoms with Gasteiger partial charge in [-0.15, -0.1) is 0 Å². The summed E-state index contributed by atoms with van der Waals surface area (Å²) in [4.78, 5) is 25.0. The maximum absolute atomic E-state index is 13.3.